The molecule has 0 fully saturated rings. The first kappa shape index (κ1) is 17.8. The summed E-state index contributed by atoms with van der Waals surface area (Å²) < 4.78 is 18.7. The fourth-order valence-electron chi connectivity index (χ4n) is 1.98. The average Bonchev–Trinajstić information content (AvgIpc) is 2.60. The van der Waals surface area contributed by atoms with Gasteiger partial charge in [-0.15, -0.1) is 0 Å². The van der Waals surface area contributed by atoms with E-state index in [2.05, 4.69) is 20.3 Å². The summed E-state index contributed by atoms with van der Waals surface area (Å²) in [5.41, 5.74) is 6.04. The molecule has 25 heavy (non-hydrogen) atoms. The molecular formula is C15H15FN6O3. The molecule has 0 bridgehead atoms. The normalized spacial score (nSPS) is 11.6. The number of anilines is 2. The molecule has 1 heterocycles. The zero-order valence-corrected chi connectivity index (χ0v) is 13.4. The van der Waals surface area contributed by atoms with Crippen LogP contribution < -0.4 is 15.8 Å². The Morgan fingerprint density at radius 3 is 2.88 bits per heavy atom. The monoisotopic (exact) mass is 346 g/mol. The van der Waals surface area contributed by atoms with E-state index in [1.165, 1.54) is 25.7 Å². The van der Waals surface area contributed by atoms with Gasteiger partial charge in [-0.3, -0.25) is 15.1 Å². The number of nitro benzene ring substituents is 1. The smallest absolute Gasteiger partial charge is 0.307 e. The Morgan fingerprint density at radius 1 is 1.52 bits per heavy atom. The molecule has 0 spiro atoms. The highest BCUT2D eigenvalue weighted by Crippen LogP contribution is 2.33. The lowest BCUT2D eigenvalue weighted by Gasteiger charge is -2.11. The van der Waals surface area contributed by atoms with Crippen LogP contribution in [-0.2, 0) is 0 Å². The second-order valence-corrected chi connectivity index (χ2v) is 4.66. The molecule has 2 rings (SSSR count). The molecule has 130 valence electrons. The number of methoxy groups -OCH3 is 1. The van der Waals surface area contributed by atoms with E-state index in [9.17, 15) is 14.5 Å². The number of nitrogens with two attached hydrogens (primary N) is 1. The molecule has 1 aromatic heterocycles. The lowest BCUT2D eigenvalue weighted by Crippen LogP contribution is -2.04. The van der Waals surface area contributed by atoms with Crippen molar-refractivity contribution in [1.29, 1.82) is 0 Å². The Hall–Kier alpha value is -3.56. The molecule has 1 aromatic carbocycles. The summed E-state index contributed by atoms with van der Waals surface area (Å²) in [6.45, 7) is 0. The largest absolute Gasteiger partial charge is 0.494 e. The number of hydrogen-bond acceptors (Lipinski definition) is 8. The topological polar surface area (TPSA) is 129 Å². The molecule has 0 aliphatic rings. The third-order valence-corrected chi connectivity index (χ3v) is 3.11. The highest BCUT2D eigenvalue weighted by Gasteiger charge is 2.19. The Bertz CT molecular complexity index is 853. The molecule has 0 atom stereocenters. The van der Waals surface area contributed by atoms with Crippen molar-refractivity contribution >= 4 is 29.1 Å². The van der Waals surface area contributed by atoms with Crippen molar-refractivity contribution < 1.29 is 14.1 Å². The molecule has 0 aliphatic heterocycles. The first-order valence-electron chi connectivity index (χ1n) is 6.96. The van der Waals surface area contributed by atoms with Crippen molar-refractivity contribution in [3.8, 4) is 5.75 Å². The van der Waals surface area contributed by atoms with E-state index in [1.54, 1.807) is 13.1 Å². The number of halogens is 1. The molecule has 10 heteroatoms. The number of nitrogens with zero attached hydrogens (tertiary/aromatic N) is 4. The fraction of sp³-hybridized carbons (Fsp3) is 0.133. The number of allylic oxidation sites excluding steroid dienone is 1. The molecular weight excluding hydrogens is 331 g/mol. The van der Waals surface area contributed by atoms with Gasteiger partial charge in [0.1, 0.15) is 5.75 Å². The van der Waals surface area contributed by atoms with Crippen LogP contribution in [0.15, 0.2) is 35.6 Å². The Morgan fingerprint density at radius 2 is 2.28 bits per heavy atom. The Kier molecular flexibility index (Phi) is 5.56. The quantitative estimate of drug-likeness (QED) is 0.466. The lowest BCUT2D eigenvalue weighted by atomic mass is 10.2. The molecule has 3 N–H and O–H groups in total. The summed E-state index contributed by atoms with van der Waals surface area (Å²) in [5, 5.41) is 13.7. The summed E-state index contributed by atoms with van der Waals surface area (Å²) >= 11 is 0. The minimum Gasteiger partial charge on any atom is -0.494 e. The maximum atomic E-state index is 13.7. The molecule has 0 amide bonds. The summed E-state index contributed by atoms with van der Waals surface area (Å²) in [6, 6.07) is 3.55. The van der Waals surface area contributed by atoms with Crippen molar-refractivity contribution in [2.75, 3.05) is 19.5 Å². The van der Waals surface area contributed by atoms with Crippen molar-refractivity contribution in [2.45, 2.75) is 0 Å². The van der Waals surface area contributed by atoms with Crippen molar-refractivity contribution in [3.63, 3.8) is 0 Å². The summed E-state index contributed by atoms with van der Waals surface area (Å²) in [5.74, 6) is -0.808. The summed E-state index contributed by atoms with van der Waals surface area (Å²) in [6.07, 6.45) is 4.33. The zero-order valence-electron chi connectivity index (χ0n) is 13.4. The first-order chi connectivity index (χ1) is 12.0. The average molecular weight is 346 g/mol. The third kappa shape index (κ3) is 4.05. The van der Waals surface area contributed by atoms with Gasteiger partial charge in [0, 0.05) is 43.4 Å². The van der Waals surface area contributed by atoms with Gasteiger partial charge in [0.2, 0.25) is 11.8 Å². The number of ether oxygens (including phenoxy) is 1. The zero-order chi connectivity index (χ0) is 18.4. The van der Waals surface area contributed by atoms with Crippen LogP contribution in [0.1, 0.15) is 5.69 Å². The third-order valence-electron chi connectivity index (χ3n) is 3.11. The standard InChI is InChI=1S/C15H15FN6O3/c1-18-8-9(7-17)11-3-4-19-15(20-11)21-12-6-13(22(23)24)10(16)5-14(12)25-2/h3-8H,17H2,1-2H3,(H,19,20,21). The van der Waals surface area contributed by atoms with Crippen LogP contribution in [0, 0.1) is 15.9 Å². The molecule has 0 saturated heterocycles. The van der Waals surface area contributed by atoms with Crippen molar-refractivity contribution in [3.05, 3.63) is 52.2 Å². The van der Waals surface area contributed by atoms with Gasteiger partial charge in [0.25, 0.3) is 0 Å². The fourth-order valence-corrected chi connectivity index (χ4v) is 1.98. The van der Waals surface area contributed by atoms with Crippen LogP contribution in [0.4, 0.5) is 21.7 Å². The van der Waals surface area contributed by atoms with Gasteiger partial charge in [-0.05, 0) is 6.07 Å². The molecule has 0 aliphatic carbocycles. The predicted octanol–water partition coefficient (Wildman–Crippen LogP) is 2.28. The minimum absolute atomic E-state index is 0.0711. The van der Waals surface area contributed by atoms with Gasteiger partial charge < -0.3 is 15.8 Å². The summed E-state index contributed by atoms with van der Waals surface area (Å²) in [7, 11) is 2.91. The van der Waals surface area contributed by atoms with Crippen molar-refractivity contribution in [1.82, 2.24) is 9.97 Å². The van der Waals surface area contributed by atoms with Crippen LogP contribution in [0.2, 0.25) is 0 Å². The SMILES string of the molecule is CN=CC(=CN)c1ccnc(Nc2cc([N+](=O)[O-])c(F)cc2OC)n1. The van der Waals surface area contributed by atoms with E-state index in [4.69, 9.17) is 10.5 Å². The number of nitrogens with one attached hydrogen (secondary N) is 1. The molecule has 2 aromatic rings. The van der Waals surface area contributed by atoms with E-state index < -0.39 is 16.4 Å². The number of benzene rings is 1. The first-order valence-corrected chi connectivity index (χ1v) is 6.96. The van der Waals surface area contributed by atoms with E-state index >= 15 is 0 Å². The number of aromatic nitrogens is 2. The number of aliphatic imine (C=N–C) groups is 1. The second kappa shape index (κ2) is 7.81. The van der Waals surface area contributed by atoms with E-state index in [1.807, 2.05) is 0 Å². The van der Waals surface area contributed by atoms with Crippen LogP contribution in [-0.4, -0.2) is 35.3 Å². The van der Waals surface area contributed by atoms with Gasteiger partial charge >= 0.3 is 5.69 Å². The molecule has 0 radical (unpaired) electrons. The maximum Gasteiger partial charge on any atom is 0.307 e. The highest BCUT2D eigenvalue weighted by atomic mass is 19.1. The van der Waals surface area contributed by atoms with Crippen LogP contribution >= 0.6 is 0 Å². The van der Waals surface area contributed by atoms with Crippen LogP contribution in [0.25, 0.3) is 5.57 Å². The van der Waals surface area contributed by atoms with Gasteiger partial charge in [-0.1, -0.05) is 0 Å². The number of nitro groups is 1. The van der Waals surface area contributed by atoms with Crippen LogP contribution in [0.3, 0.4) is 0 Å². The number of rotatable bonds is 6. The highest BCUT2D eigenvalue weighted by molar-refractivity contribution is 6.08. The predicted molar refractivity (Wildman–Crippen MR) is 91.5 cm³/mol. The van der Waals surface area contributed by atoms with Crippen molar-refractivity contribution in [2.24, 2.45) is 10.7 Å². The number of hydrogen-bond donors (Lipinski definition) is 2. The maximum absolute atomic E-state index is 13.7. The van der Waals surface area contributed by atoms with E-state index in [0.717, 1.165) is 12.1 Å². The van der Waals surface area contributed by atoms with E-state index in [-0.39, 0.29) is 17.4 Å². The Labute approximate surface area is 142 Å². The molecule has 9 nitrogen and oxygen atoms in total. The van der Waals surface area contributed by atoms with E-state index in [0.29, 0.717) is 11.3 Å². The van der Waals surface area contributed by atoms with Gasteiger partial charge in [0.15, 0.2) is 0 Å². The van der Waals surface area contributed by atoms with Crippen LogP contribution in [0.5, 0.6) is 5.75 Å². The minimum atomic E-state index is -1.01. The Balaban J connectivity index is 2.43. The molecule has 0 unspecified atom stereocenters. The van der Waals surface area contributed by atoms with Gasteiger partial charge in [0.05, 0.1) is 23.4 Å². The lowest BCUT2D eigenvalue weighted by molar-refractivity contribution is -0.387. The van der Waals surface area contributed by atoms with Gasteiger partial charge in [-0.2, -0.15) is 4.39 Å². The van der Waals surface area contributed by atoms with Gasteiger partial charge in [-0.25, -0.2) is 9.97 Å². The summed E-state index contributed by atoms with van der Waals surface area (Å²) in [4.78, 5) is 22.2. The second-order valence-electron chi connectivity index (χ2n) is 4.66. The molecule has 0 saturated carbocycles.